The lowest BCUT2D eigenvalue weighted by atomic mass is 10.1. The van der Waals surface area contributed by atoms with Crippen molar-refractivity contribution in [3.05, 3.63) is 40.8 Å². The van der Waals surface area contributed by atoms with E-state index in [0.717, 1.165) is 0 Å². The number of rotatable bonds is 5. The standard InChI is InChI=1S/C18H25NS2/c1-2-3-7-15-8-10-16(11-9-15)17-14-20-18(21-17)19-12-5-4-6-13-19/h8-11,14,18H,2-7,12-13H2,1H3. The van der Waals surface area contributed by atoms with Crippen LogP contribution in [0.4, 0.5) is 0 Å². The van der Waals surface area contributed by atoms with Crippen molar-refractivity contribution in [2.75, 3.05) is 13.1 Å². The number of benzene rings is 1. The molecule has 114 valence electrons. The summed E-state index contributed by atoms with van der Waals surface area (Å²) in [7, 11) is 0. The van der Waals surface area contributed by atoms with Gasteiger partial charge in [-0.2, -0.15) is 0 Å². The molecule has 1 atom stereocenters. The van der Waals surface area contributed by atoms with Crippen molar-refractivity contribution < 1.29 is 0 Å². The zero-order valence-corrected chi connectivity index (χ0v) is 14.5. The zero-order chi connectivity index (χ0) is 14.5. The van der Waals surface area contributed by atoms with Crippen molar-refractivity contribution in [3.8, 4) is 0 Å². The summed E-state index contributed by atoms with van der Waals surface area (Å²) in [4.78, 5) is 4.11. The molecule has 1 aromatic carbocycles. The largest absolute Gasteiger partial charge is 0.283 e. The molecule has 0 spiro atoms. The topological polar surface area (TPSA) is 3.24 Å². The van der Waals surface area contributed by atoms with Crippen LogP contribution in [-0.4, -0.2) is 22.7 Å². The van der Waals surface area contributed by atoms with Gasteiger partial charge in [-0.15, -0.1) is 11.8 Å². The van der Waals surface area contributed by atoms with E-state index in [1.165, 1.54) is 67.6 Å². The van der Waals surface area contributed by atoms with Crippen LogP contribution in [0, 0.1) is 0 Å². The number of unbranched alkanes of at least 4 members (excludes halogenated alkanes) is 1. The van der Waals surface area contributed by atoms with Gasteiger partial charge >= 0.3 is 0 Å². The quantitative estimate of drug-likeness (QED) is 0.698. The van der Waals surface area contributed by atoms with Gasteiger partial charge in [0.1, 0.15) is 4.71 Å². The molecule has 0 radical (unpaired) electrons. The van der Waals surface area contributed by atoms with Gasteiger partial charge < -0.3 is 0 Å². The van der Waals surface area contributed by atoms with Crippen molar-refractivity contribution in [3.63, 3.8) is 0 Å². The third kappa shape index (κ3) is 4.08. The van der Waals surface area contributed by atoms with Gasteiger partial charge in [0, 0.05) is 4.91 Å². The van der Waals surface area contributed by atoms with Gasteiger partial charge in [0.15, 0.2) is 0 Å². The summed E-state index contributed by atoms with van der Waals surface area (Å²) in [6.45, 7) is 4.82. The fourth-order valence-electron chi connectivity index (χ4n) is 2.93. The first-order valence-electron chi connectivity index (χ1n) is 8.22. The van der Waals surface area contributed by atoms with E-state index in [1.807, 2.05) is 23.5 Å². The van der Waals surface area contributed by atoms with E-state index >= 15 is 0 Å². The van der Waals surface area contributed by atoms with Crippen LogP contribution in [0.3, 0.4) is 0 Å². The number of hydrogen-bond donors (Lipinski definition) is 0. The van der Waals surface area contributed by atoms with E-state index in [1.54, 1.807) is 0 Å². The number of piperidine rings is 1. The molecule has 0 aromatic heterocycles. The monoisotopic (exact) mass is 319 g/mol. The fraction of sp³-hybridized carbons (Fsp3) is 0.556. The van der Waals surface area contributed by atoms with Gasteiger partial charge in [-0.1, -0.05) is 55.8 Å². The SMILES string of the molecule is CCCCc1ccc(C2=CSC(N3CCCCC3)S2)cc1. The van der Waals surface area contributed by atoms with Gasteiger partial charge in [-0.25, -0.2) is 0 Å². The van der Waals surface area contributed by atoms with E-state index in [0.29, 0.717) is 4.71 Å². The summed E-state index contributed by atoms with van der Waals surface area (Å²) in [6, 6.07) is 9.24. The van der Waals surface area contributed by atoms with Crippen molar-refractivity contribution in [2.45, 2.75) is 50.2 Å². The maximum atomic E-state index is 2.65. The van der Waals surface area contributed by atoms with Crippen LogP contribution >= 0.6 is 23.5 Å². The Balaban J connectivity index is 1.57. The van der Waals surface area contributed by atoms with Gasteiger partial charge in [0.25, 0.3) is 0 Å². The molecule has 2 aliphatic rings. The molecule has 0 aliphatic carbocycles. The maximum absolute atomic E-state index is 2.65. The second-order valence-corrected chi connectivity index (χ2v) is 8.32. The highest BCUT2D eigenvalue weighted by Gasteiger charge is 2.26. The molecule has 0 saturated carbocycles. The first-order valence-corrected chi connectivity index (χ1v) is 10.0. The summed E-state index contributed by atoms with van der Waals surface area (Å²) < 4.78 is 0.611. The molecular formula is C18H25NS2. The Morgan fingerprint density at radius 2 is 1.86 bits per heavy atom. The van der Waals surface area contributed by atoms with E-state index < -0.39 is 0 Å². The van der Waals surface area contributed by atoms with Crippen LogP contribution in [0.1, 0.15) is 50.2 Å². The molecule has 0 amide bonds. The van der Waals surface area contributed by atoms with Crippen LogP contribution < -0.4 is 0 Å². The Hall–Kier alpha value is -0.380. The molecule has 1 aromatic rings. The number of likely N-dealkylation sites (tertiary alicyclic amines) is 1. The van der Waals surface area contributed by atoms with Crippen LogP contribution in [0.25, 0.3) is 4.91 Å². The molecule has 21 heavy (non-hydrogen) atoms. The van der Waals surface area contributed by atoms with Gasteiger partial charge in [-0.05, 0) is 55.3 Å². The highest BCUT2D eigenvalue weighted by molar-refractivity contribution is 8.26. The van der Waals surface area contributed by atoms with E-state index in [9.17, 15) is 0 Å². The van der Waals surface area contributed by atoms with E-state index in [4.69, 9.17) is 0 Å². The highest BCUT2D eigenvalue weighted by atomic mass is 32.2. The van der Waals surface area contributed by atoms with Gasteiger partial charge in [0.05, 0.1) is 0 Å². The predicted molar refractivity (Wildman–Crippen MR) is 97.4 cm³/mol. The average molecular weight is 320 g/mol. The smallest absolute Gasteiger partial charge is 0.111 e. The number of nitrogens with zero attached hydrogens (tertiary/aromatic N) is 1. The minimum absolute atomic E-state index is 0.611. The summed E-state index contributed by atoms with van der Waals surface area (Å²) >= 11 is 4.04. The Labute approximate surface area is 137 Å². The molecule has 1 unspecified atom stereocenters. The van der Waals surface area contributed by atoms with Gasteiger partial charge in [-0.3, -0.25) is 4.90 Å². The van der Waals surface area contributed by atoms with Crippen molar-refractivity contribution >= 4 is 28.4 Å². The lowest BCUT2D eigenvalue weighted by molar-refractivity contribution is 0.253. The molecule has 0 bridgehead atoms. The molecule has 1 nitrogen and oxygen atoms in total. The lowest BCUT2D eigenvalue weighted by Crippen LogP contribution is -2.34. The number of thioether (sulfide) groups is 2. The Kier molecular flexibility index (Phi) is 5.73. The predicted octanol–water partition coefficient (Wildman–Crippen LogP) is 5.58. The molecular weight excluding hydrogens is 294 g/mol. The van der Waals surface area contributed by atoms with E-state index in [-0.39, 0.29) is 0 Å². The van der Waals surface area contributed by atoms with E-state index in [2.05, 4.69) is 41.5 Å². The second kappa shape index (κ2) is 7.75. The molecule has 0 N–H and O–H groups in total. The van der Waals surface area contributed by atoms with Crippen LogP contribution in [0.5, 0.6) is 0 Å². The van der Waals surface area contributed by atoms with Crippen LogP contribution in [0.15, 0.2) is 29.7 Å². The molecule has 2 aliphatic heterocycles. The molecule has 1 fully saturated rings. The number of hydrogen-bond acceptors (Lipinski definition) is 3. The zero-order valence-electron chi connectivity index (χ0n) is 12.9. The maximum Gasteiger partial charge on any atom is 0.111 e. The summed E-state index contributed by atoms with van der Waals surface area (Å²) in [5, 5.41) is 2.37. The Morgan fingerprint density at radius 3 is 2.57 bits per heavy atom. The first-order chi connectivity index (χ1) is 10.4. The Bertz CT molecular complexity index is 474. The molecule has 3 rings (SSSR count). The first kappa shape index (κ1) is 15.5. The second-order valence-electron chi connectivity index (χ2n) is 5.94. The third-order valence-electron chi connectivity index (χ3n) is 4.27. The van der Waals surface area contributed by atoms with Crippen LogP contribution in [-0.2, 0) is 6.42 Å². The van der Waals surface area contributed by atoms with Crippen molar-refractivity contribution in [1.82, 2.24) is 4.90 Å². The molecule has 3 heteroatoms. The summed E-state index contributed by atoms with van der Waals surface area (Å²) in [5.74, 6) is 0. The minimum Gasteiger partial charge on any atom is -0.283 e. The summed E-state index contributed by atoms with van der Waals surface area (Å²) in [6.07, 6.45) is 7.95. The highest BCUT2D eigenvalue weighted by Crippen LogP contribution is 2.47. The summed E-state index contributed by atoms with van der Waals surface area (Å²) in [5.41, 5.74) is 2.87. The van der Waals surface area contributed by atoms with Gasteiger partial charge in [0.2, 0.25) is 0 Å². The molecule has 1 saturated heterocycles. The third-order valence-corrected chi connectivity index (χ3v) is 7.05. The minimum atomic E-state index is 0.611. The fourth-order valence-corrected chi connectivity index (χ4v) is 5.62. The molecule has 2 heterocycles. The van der Waals surface area contributed by atoms with Crippen molar-refractivity contribution in [2.24, 2.45) is 0 Å². The van der Waals surface area contributed by atoms with Crippen LogP contribution in [0.2, 0.25) is 0 Å². The average Bonchev–Trinajstić information content (AvgIpc) is 3.04. The Morgan fingerprint density at radius 1 is 1.10 bits per heavy atom. The lowest BCUT2D eigenvalue weighted by Gasteiger charge is -2.30. The number of aryl methyl sites for hydroxylation is 1. The van der Waals surface area contributed by atoms with Crippen molar-refractivity contribution in [1.29, 1.82) is 0 Å². The normalized spacial score (nSPS) is 23.3.